The summed E-state index contributed by atoms with van der Waals surface area (Å²) in [5.74, 6) is 0. The van der Waals surface area contributed by atoms with E-state index < -0.39 is 8.32 Å². The molecule has 1 nitrogen and oxygen atoms in total. The summed E-state index contributed by atoms with van der Waals surface area (Å²) in [5.41, 5.74) is 3.73. The van der Waals surface area contributed by atoms with Crippen LogP contribution in [0.2, 0.25) is 13.1 Å². The molecule has 0 bridgehead atoms. The third-order valence-corrected chi connectivity index (χ3v) is 7.48. The molecule has 1 atom stereocenters. The Labute approximate surface area is 164 Å². The van der Waals surface area contributed by atoms with Crippen LogP contribution in [0.15, 0.2) is 91.0 Å². The summed E-state index contributed by atoms with van der Waals surface area (Å²) >= 11 is 0. The lowest BCUT2D eigenvalue weighted by atomic mass is 10.0. The first kappa shape index (κ1) is 19.3. The topological polar surface area (TPSA) is 9.23 Å². The lowest BCUT2D eigenvalue weighted by molar-refractivity contribution is 0.221. The van der Waals surface area contributed by atoms with E-state index in [0.717, 1.165) is 6.42 Å². The van der Waals surface area contributed by atoms with Gasteiger partial charge in [0, 0.05) is 6.10 Å². The van der Waals surface area contributed by atoms with E-state index in [9.17, 15) is 0 Å². The summed E-state index contributed by atoms with van der Waals surface area (Å²) in [4.78, 5) is 0. The average molecular weight is 373 g/mol. The van der Waals surface area contributed by atoms with E-state index in [1.54, 1.807) is 0 Å². The van der Waals surface area contributed by atoms with Gasteiger partial charge in [0.2, 0.25) is 8.32 Å². The Hall–Kier alpha value is -2.42. The van der Waals surface area contributed by atoms with E-state index in [4.69, 9.17) is 4.43 Å². The lowest BCUT2D eigenvalue weighted by Gasteiger charge is -2.27. The number of hydrogen-bond acceptors (Lipinski definition) is 1. The zero-order chi connectivity index (χ0) is 19.1. The molecule has 3 aromatic carbocycles. The molecule has 27 heavy (non-hydrogen) atoms. The molecule has 0 N–H and O–H groups in total. The molecule has 0 saturated carbocycles. The molecule has 0 aliphatic heterocycles. The Balaban J connectivity index is 1.55. The Kier molecular flexibility index (Phi) is 6.43. The van der Waals surface area contributed by atoms with Gasteiger partial charge in [0.15, 0.2) is 0 Å². The van der Waals surface area contributed by atoms with E-state index in [1.165, 1.54) is 21.9 Å². The molecule has 0 amide bonds. The molecule has 0 aromatic heterocycles. The third kappa shape index (κ3) is 5.52. The van der Waals surface area contributed by atoms with Crippen molar-refractivity contribution in [3.63, 3.8) is 0 Å². The second kappa shape index (κ2) is 8.98. The van der Waals surface area contributed by atoms with Crippen molar-refractivity contribution in [3.05, 3.63) is 96.6 Å². The molecule has 0 aliphatic rings. The Morgan fingerprint density at radius 1 is 0.778 bits per heavy atom. The van der Waals surface area contributed by atoms with Gasteiger partial charge in [0.1, 0.15) is 0 Å². The minimum atomic E-state index is -1.85. The van der Waals surface area contributed by atoms with Crippen LogP contribution in [0.5, 0.6) is 0 Å². The predicted molar refractivity (Wildman–Crippen MR) is 120 cm³/mol. The van der Waals surface area contributed by atoms with Crippen LogP contribution in [0.3, 0.4) is 0 Å². The van der Waals surface area contributed by atoms with Gasteiger partial charge in [-0.1, -0.05) is 97.1 Å². The van der Waals surface area contributed by atoms with Gasteiger partial charge in [-0.2, -0.15) is 0 Å². The van der Waals surface area contributed by atoms with Crippen molar-refractivity contribution in [1.29, 1.82) is 0 Å². The van der Waals surface area contributed by atoms with E-state index in [1.807, 2.05) is 6.07 Å². The van der Waals surface area contributed by atoms with Crippen LogP contribution in [-0.4, -0.2) is 14.4 Å². The fourth-order valence-corrected chi connectivity index (χ4v) is 5.51. The summed E-state index contributed by atoms with van der Waals surface area (Å²) in [6.07, 6.45) is 5.54. The standard InChI is InChI=1S/C25H28OSi/c1-21(26-27(2,3)25-15-8-5-9-16-25)11-10-12-22-17-19-24(20-18-22)23-13-6-4-7-14-23/h4-10,12-21H,11H2,1-3H3/b12-10-. The van der Waals surface area contributed by atoms with Crippen LogP contribution in [0.1, 0.15) is 18.9 Å². The van der Waals surface area contributed by atoms with Gasteiger partial charge >= 0.3 is 0 Å². The maximum Gasteiger partial charge on any atom is 0.218 e. The summed E-state index contributed by atoms with van der Waals surface area (Å²) in [6, 6.07) is 29.8. The molecule has 0 spiro atoms. The van der Waals surface area contributed by atoms with Gasteiger partial charge in [-0.05, 0) is 48.3 Å². The van der Waals surface area contributed by atoms with Crippen molar-refractivity contribution in [2.75, 3.05) is 0 Å². The first-order valence-electron chi connectivity index (χ1n) is 9.60. The van der Waals surface area contributed by atoms with Crippen molar-refractivity contribution in [3.8, 4) is 11.1 Å². The van der Waals surface area contributed by atoms with Crippen molar-refractivity contribution < 1.29 is 4.43 Å². The summed E-state index contributed by atoms with van der Waals surface area (Å²) in [7, 11) is -1.85. The van der Waals surface area contributed by atoms with Crippen molar-refractivity contribution in [2.24, 2.45) is 0 Å². The summed E-state index contributed by atoms with van der Waals surface area (Å²) in [6.45, 7) is 6.70. The van der Waals surface area contributed by atoms with Crippen molar-refractivity contribution >= 4 is 19.6 Å². The molecule has 0 fully saturated rings. The second-order valence-electron chi connectivity index (χ2n) is 7.43. The van der Waals surface area contributed by atoms with Gasteiger partial charge in [0.25, 0.3) is 0 Å². The van der Waals surface area contributed by atoms with E-state index in [2.05, 4.69) is 111 Å². The van der Waals surface area contributed by atoms with Gasteiger partial charge in [-0.15, -0.1) is 0 Å². The van der Waals surface area contributed by atoms with Crippen LogP contribution >= 0.6 is 0 Å². The maximum absolute atomic E-state index is 6.43. The Morgan fingerprint density at radius 3 is 1.96 bits per heavy atom. The lowest BCUT2D eigenvalue weighted by Crippen LogP contribution is -2.46. The minimum absolute atomic E-state index is 0.215. The molecule has 0 radical (unpaired) electrons. The van der Waals surface area contributed by atoms with Crippen LogP contribution < -0.4 is 5.19 Å². The first-order valence-corrected chi connectivity index (χ1v) is 12.5. The largest absolute Gasteiger partial charge is 0.410 e. The average Bonchev–Trinajstić information content (AvgIpc) is 2.69. The molecule has 3 rings (SSSR count). The SMILES string of the molecule is CC(C/C=C\c1ccc(-c2ccccc2)cc1)O[Si](C)(C)c1ccccc1. The molecule has 138 valence electrons. The highest BCUT2D eigenvalue weighted by Crippen LogP contribution is 2.20. The molecule has 0 heterocycles. The molecule has 1 unspecified atom stereocenters. The van der Waals surface area contributed by atoms with Gasteiger partial charge in [-0.25, -0.2) is 0 Å². The number of benzene rings is 3. The smallest absolute Gasteiger partial charge is 0.218 e. The predicted octanol–water partition coefficient (Wildman–Crippen LogP) is 6.27. The zero-order valence-electron chi connectivity index (χ0n) is 16.4. The van der Waals surface area contributed by atoms with Gasteiger partial charge in [-0.3, -0.25) is 0 Å². The van der Waals surface area contributed by atoms with E-state index in [0.29, 0.717) is 0 Å². The quantitative estimate of drug-likeness (QED) is 0.444. The van der Waals surface area contributed by atoms with Crippen LogP contribution in [0.4, 0.5) is 0 Å². The zero-order valence-corrected chi connectivity index (χ0v) is 17.4. The van der Waals surface area contributed by atoms with Crippen LogP contribution in [0, 0.1) is 0 Å². The second-order valence-corrected chi connectivity index (χ2v) is 11.3. The highest BCUT2D eigenvalue weighted by Gasteiger charge is 2.26. The maximum atomic E-state index is 6.43. The molecule has 0 saturated heterocycles. The fourth-order valence-electron chi connectivity index (χ4n) is 3.27. The molecule has 3 aromatic rings. The molecular formula is C25H28OSi. The summed E-state index contributed by atoms with van der Waals surface area (Å²) < 4.78 is 6.43. The van der Waals surface area contributed by atoms with Crippen molar-refractivity contribution in [1.82, 2.24) is 0 Å². The van der Waals surface area contributed by atoms with E-state index >= 15 is 0 Å². The van der Waals surface area contributed by atoms with Crippen LogP contribution in [0.25, 0.3) is 17.2 Å². The number of hydrogen-bond donors (Lipinski definition) is 0. The molecule has 2 heteroatoms. The molecule has 0 aliphatic carbocycles. The Morgan fingerprint density at radius 2 is 1.33 bits per heavy atom. The number of rotatable bonds is 7. The fraction of sp³-hybridized carbons (Fsp3) is 0.200. The molecular weight excluding hydrogens is 344 g/mol. The van der Waals surface area contributed by atoms with Gasteiger partial charge in [0.05, 0.1) is 0 Å². The third-order valence-electron chi connectivity index (χ3n) is 4.76. The van der Waals surface area contributed by atoms with Crippen LogP contribution in [-0.2, 0) is 4.43 Å². The monoisotopic (exact) mass is 372 g/mol. The highest BCUT2D eigenvalue weighted by molar-refractivity contribution is 6.84. The Bertz CT molecular complexity index is 852. The highest BCUT2D eigenvalue weighted by atomic mass is 28.4. The normalized spacial score (nSPS) is 13.0. The summed E-state index contributed by atoms with van der Waals surface area (Å²) in [5, 5.41) is 1.34. The minimum Gasteiger partial charge on any atom is -0.410 e. The van der Waals surface area contributed by atoms with Crippen molar-refractivity contribution in [2.45, 2.75) is 32.5 Å². The van der Waals surface area contributed by atoms with Gasteiger partial charge < -0.3 is 4.43 Å². The van der Waals surface area contributed by atoms with E-state index in [-0.39, 0.29) is 6.10 Å². The first-order chi connectivity index (χ1) is 13.0.